The normalized spacial score (nSPS) is 10.3. The van der Waals surface area contributed by atoms with Crippen LogP contribution in [0.25, 0.3) is 0 Å². The Morgan fingerprint density at radius 2 is 1.90 bits per heavy atom. The quantitative estimate of drug-likeness (QED) is 0.806. The summed E-state index contributed by atoms with van der Waals surface area (Å²) in [6.45, 7) is 4.31. The first-order valence-electron chi connectivity index (χ1n) is 6.72. The van der Waals surface area contributed by atoms with Gasteiger partial charge in [-0.3, -0.25) is 0 Å². The maximum atomic E-state index is 13.7. The number of nitrogen functional groups attached to an aromatic ring is 1. The molecule has 0 aliphatic rings. The third-order valence-corrected chi connectivity index (χ3v) is 3.07. The number of para-hydroxylation sites is 1. The van der Waals surface area contributed by atoms with Gasteiger partial charge < -0.3 is 15.8 Å². The molecule has 0 unspecified atom stereocenters. The van der Waals surface area contributed by atoms with E-state index in [1.165, 1.54) is 11.6 Å². The summed E-state index contributed by atoms with van der Waals surface area (Å²) in [5, 5.41) is 3.25. The molecule has 0 aromatic heterocycles. The molecule has 0 spiro atoms. The number of rotatable bonds is 5. The molecule has 0 heterocycles. The lowest BCUT2D eigenvalue weighted by Gasteiger charge is -2.14. The molecule has 20 heavy (non-hydrogen) atoms. The van der Waals surface area contributed by atoms with Gasteiger partial charge in [0, 0.05) is 17.8 Å². The summed E-state index contributed by atoms with van der Waals surface area (Å²) in [6, 6.07) is 10.8. The third kappa shape index (κ3) is 3.02. The van der Waals surface area contributed by atoms with Gasteiger partial charge in [0.15, 0.2) is 11.6 Å². The van der Waals surface area contributed by atoms with E-state index in [0.717, 1.165) is 12.1 Å². The van der Waals surface area contributed by atoms with Gasteiger partial charge in [0.05, 0.1) is 18.0 Å². The Morgan fingerprint density at radius 1 is 1.15 bits per heavy atom. The van der Waals surface area contributed by atoms with Crippen LogP contribution in [0, 0.1) is 5.82 Å². The van der Waals surface area contributed by atoms with Crippen LogP contribution in [0.1, 0.15) is 19.4 Å². The number of benzene rings is 2. The maximum absolute atomic E-state index is 13.7. The summed E-state index contributed by atoms with van der Waals surface area (Å²) in [5.74, 6) is -0.239. The van der Waals surface area contributed by atoms with Crippen molar-refractivity contribution in [1.82, 2.24) is 0 Å². The zero-order valence-corrected chi connectivity index (χ0v) is 11.7. The molecule has 0 radical (unpaired) electrons. The number of halogens is 1. The van der Waals surface area contributed by atoms with Crippen LogP contribution in [0.15, 0.2) is 36.4 Å². The molecule has 2 rings (SSSR count). The first-order chi connectivity index (χ1) is 9.65. The van der Waals surface area contributed by atoms with Crippen molar-refractivity contribution in [2.24, 2.45) is 0 Å². The van der Waals surface area contributed by atoms with Crippen LogP contribution in [-0.4, -0.2) is 6.61 Å². The molecule has 0 aliphatic heterocycles. The second-order valence-electron chi connectivity index (χ2n) is 4.44. The first kappa shape index (κ1) is 14.2. The fourth-order valence-corrected chi connectivity index (χ4v) is 2.04. The van der Waals surface area contributed by atoms with Crippen LogP contribution in [0.2, 0.25) is 0 Å². The fourth-order valence-electron chi connectivity index (χ4n) is 2.04. The number of hydrogen-bond donors (Lipinski definition) is 2. The lowest BCUT2D eigenvalue weighted by Crippen LogP contribution is -2.02. The summed E-state index contributed by atoms with van der Waals surface area (Å²) in [4.78, 5) is 0. The predicted molar refractivity (Wildman–Crippen MR) is 81.1 cm³/mol. The van der Waals surface area contributed by atoms with Crippen LogP contribution in [0.4, 0.5) is 21.5 Å². The Bertz CT molecular complexity index is 599. The maximum Gasteiger partial charge on any atom is 0.167 e. The molecular weight excluding hydrogens is 255 g/mol. The molecule has 4 heteroatoms. The highest BCUT2D eigenvalue weighted by Crippen LogP contribution is 2.31. The molecule has 3 N–H and O–H groups in total. The highest BCUT2D eigenvalue weighted by atomic mass is 19.1. The van der Waals surface area contributed by atoms with Crippen LogP contribution in [0.3, 0.4) is 0 Å². The van der Waals surface area contributed by atoms with E-state index in [4.69, 9.17) is 10.5 Å². The van der Waals surface area contributed by atoms with Gasteiger partial charge >= 0.3 is 0 Å². The average molecular weight is 274 g/mol. The number of ether oxygens (including phenoxy) is 1. The van der Waals surface area contributed by atoms with Crippen molar-refractivity contribution in [1.29, 1.82) is 0 Å². The summed E-state index contributed by atoms with van der Waals surface area (Å²) < 4.78 is 18.9. The molecule has 0 saturated carbocycles. The lowest BCUT2D eigenvalue weighted by atomic mass is 10.1. The van der Waals surface area contributed by atoms with Gasteiger partial charge in [-0.1, -0.05) is 25.1 Å². The van der Waals surface area contributed by atoms with E-state index in [2.05, 4.69) is 12.2 Å². The molecule has 0 atom stereocenters. The highest BCUT2D eigenvalue weighted by molar-refractivity contribution is 5.75. The number of hydrogen-bond acceptors (Lipinski definition) is 3. The zero-order chi connectivity index (χ0) is 14.5. The number of nitrogens with one attached hydrogen (secondary N) is 1. The van der Waals surface area contributed by atoms with Crippen molar-refractivity contribution in [3.8, 4) is 5.75 Å². The first-order valence-corrected chi connectivity index (χ1v) is 6.72. The smallest absolute Gasteiger partial charge is 0.167 e. The van der Waals surface area contributed by atoms with Gasteiger partial charge in [-0.05, 0) is 25.0 Å². The highest BCUT2D eigenvalue weighted by Gasteiger charge is 2.10. The van der Waals surface area contributed by atoms with Crippen LogP contribution >= 0.6 is 0 Å². The largest absolute Gasteiger partial charge is 0.491 e. The van der Waals surface area contributed by atoms with E-state index in [-0.39, 0.29) is 5.75 Å². The van der Waals surface area contributed by atoms with Gasteiger partial charge in [0.1, 0.15) is 0 Å². The van der Waals surface area contributed by atoms with Crippen molar-refractivity contribution >= 4 is 17.1 Å². The fraction of sp³-hybridized carbons (Fsp3) is 0.250. The van der Waals surface area contributed by atoms with Crippen molar-refractivity contribution in [2.75, 3.05) is 17.7 Å². The Balaban J connectivity index is 2.35. The number of aryl methyl sites for hydroxylation is 1. The zero-order valence-electron chi connectivity index (χ0n) is 11.7. The molecule has 0 aliphatic carbocycles. The Hall–Kier alpha value is -2.23. The lowest BCUT2D eigenvalue weighted by molar-refractivity contribution is 0.322. The third-order valence-electron chi connectivity index (χ3n) is 3.07. The number of anilines is 3. The summed E-state index contributed by atoms with van der Waals surface area (Å²) >= 11 is 0. The average Bonchev–Trinajstić information content (AvgIpc) is 2.45. The minimum absolute atomic E-state index is 0.207. The Morgan fingerprint density at radius 3 is 2.60 bits per heavy atom. The molecule has 2 aromatic carbocycles. The minimum Gasteiger partial charge on any atom is -0.491 e. The molecule has 0 amide bonds. The van der Waals surface area contributed by atoms with Gasteiger partial charge in [-0.15, -0.1) is 0 Å². The molecular formula is C16H19FN2O. The van der Waals surface area contributed by atoms with Crippen molar-refractivity contribution in [3.63, 3.8) is 0 Å². The molecule has 3 nitrogen and oxygen atoms in total. The summed E-state index contributed by atoms with van der Waals surface area (Å²) in [7, 11) is 0. The van der Waals surface area contributed by atoms with Gasteiger partial charge in [-0.2, -0.15) is 0 Å². The molecule has 0 saturated heterocycles. The standard InChI is InChI=1S/C16H19FN2O/c1-3-11-7-5-6-8-14(11)19-15-10-16(20-4-2)12(17)9-13(15)18/h5-10,19H,3-4,18H2,1-2H3. The van der Waals surface area contributed by atoms with E-state index in [1.54, 1.807) is 6.07 Å². The van der Waals surface area contributed by atoms with Crippen LogP contribution in [-0.2, 0) is 6.42 Å². The van der Waals surface area contributed by atoms with Crippen molar-refractivity contribution in [3.05, 3.63) is 47.8 Å². The number of nitrogens with two attached hydrogens (primary N) is 1. The minimum atomic E-state index is -0.446. The van der Waals surface area contributed by atoms with E-state index in [9.17, 15) is 4.39 Å². The van der Waals surface area contributed by atoms with Gasteiger partial charge in [0.2, 0.25) is 0 Å². The van der Waals surface area contributed by atoms with Crippen LogP contribution in [0.5, 0.6) is 5.75 Å². The predicted octanol–water partition coefficient (Wildman–Crippen LogP) is 4.11. The van der Waals surface area contributed by atoms with Gasteiger partial charge in [-0.25, -0.2) is 4.39 Å². The van der Waals surface area contributed by atoms with Gasteiger partial charge in [0.25, 0.3) is 0 Å². The monoisotopic (exact) mass is 274 g/mol. The van der Waals surface area contributed by atoms with E-state index >= 15 is 0 Å². The SMILES string of the molecule is CCOc1cc(Nc2ccccc2CC)c(N)cc1F. The molecule has 2 aromatic rings. The topological polar surface area (TPSA) is 47.3 Å². The van der Waals surface area contributed by atoms with Crippen molar-refractivity contribution < 1.29 is 9.13 Å². The summed E-state index contributed by atoms with van der Waals surface area (Å²) in [6.07, 6.45) is 0.905. The van der Waals surface area contributed by atoms with Crippen molar-refractivity contribution in [2.45, 2.75) is 20.3 Å². The van der Waals surface area contributed by atoms with E-state index in [1.807, 2.05) is 31.2 Å². The van der Waals surface area contributed by atoms with E-state index < -0.39 is 5.82 Å². The Labute approximate surface area is 118 Å². The summed E-state index contributed by atoms with van der Waals surface area (Å²) in [5.41, 5.74) is 9.02. The van der Waals surface area contributed by atoms with Crippen LogP contribution < -0.4 is 15.8 Å². The molecule has 106 valence electrons. The Kier molecular flexibility index (Phi) is 4.45. The molecule has 0 bridgehead atoms. The second kappa shape index (κ2) is 6.28. The second-order valence-corrected chi connectivity index (χ2v) is 4.44. The molecule has 0 fully saturated rings. The van der Waals surface area contributed by atoms with E-state index in [0.29, 0.717) is 18.0 Å².